The number of para-hydroxylation sites is 3. The van der Waals surface area contributed by atoms with Gasteiger partial charge in [0.05, 0.1) is 22.3 Å². The molecule has 5 heteroatoms. The fraction of sp³-hybridized carbons (Fsp3) is 0.0426. The van der Waals surface area contributed by atoms with Gasteiger partial charge in [0.1, 0.15) is 5.58 Å². The molecular formula is C47H28N4O. The number of fused-ring (bicyclic) bond motifs is 15. The van der Waals surface area contributed by atoms with Crippen molar-refractivity contribution in [3.63, 3.8) is 0 Å². The van der Waals surface area contributed by atoms with Crippen LogP contribution in [0.5, 0.6) is 0 Å². The normalized spacial score (nSPS) is 15.5. The van der Waals surface area contributed by atoms with Gasteiger partial charge in [0.15, 0.2) is 23.1 Å². The van der Waals surface area contributed by atoms with Gasteiger partial charge in [0.25, 0.3) is 0 Å². The molecule has 0 amide bonds. The third kappa shape index (κ3) is 3.54. The van der Waals surface area contributed by atoms with Gasteiger partial charge in [-0.15, -0.1) is 0 Å². The summed E-state index contributed by atoms with van der Waals surface area (Å²) in [6, 6.07) is 54.1. The second kappa shape index (κ2) is 9.89. The first-order valence-corrected chi connectivity index (χ1v) is 17.7. The van der Waals surface area contributed by atoms with Gasteiger partial charge in [-0.2, -0.15) is 0 Å². The Hall–Kier alpha value is -6.85. The molecule has 242 valence electrons. The standard InChI is InChI=1S/C47H28N4O/c1-47-29-15-9-14-28(24-29)45-48-44(27-12-3-2-4-13-27)49-46(50-45)34-20-10-18-32-33-19-11-23-40(43(33)52-42(32)34)51-39-22-8-6-17-31(39)36-25-35(38(47)26-41(36)51)30-16-5-7-21-37(30)47/h2-26H,1H3. The van der Waals surface area contributed by atoms with E-state index < -0.39 is 5.41 Å². The van der Waals surface area contributed by atoms with E-state index in [2.05, 4.69) is 133 Å². The zero-order valence-corrected chi connectivity index (χ0v) is 28.1. The van der Waals surface area contributed by atoms with Gasteiger partial charge in [-0.3, -0.25) is 0 Å². The highest BCUT2D eigenvalue weighted by Crippen LogP contribution is 2.54. The molecule has 12 rings (SSSR count). The summed E-state index contributed by atoms with van der Waals surface area (Å²) in [6.45, 7) is 2.37. The molecule has 1 aliphatic carbocycles. The molecule has 0 saturated heterocycles. The minimum absolute atomic E-state index is 0.443. The first kappa shape index (κ1) is 27.9. The molecule has 4 heterocycles. The van der Waals surface area contributed by atoms with Gasteiger partial charge in [0.2, 0.25) is 0 Å². The van der Waals surface area contributed by atoms with Gasteiger partial charge < -0.3 is 8.98 Å². The van der Waals surface area contributed by atoms with Gasteiger partial charge in [-0.1, -0.05) is 115 Å². The van der Waals surface area contributed by atoms with Gasteiger partial charge in [-0.25, -0.2) is 15.0 Å². The van der Waals surface area contributed by atoms with Crippen molar-refractivity contribution in [2.24, 2.45) is 0 Å². The van der Waals surface area contributed by atoms with E-state index in [0.29, 0.717) is 17.5 Å². The summed E-state index contributed by atoms with van der Waals surface area (Å²) in [5, 5.41) is 4.50. The Morgan fingerprint density at radius 3 is 2.04 bits per heavy atom. The van der Waals surface area contributed by atoms with Crippen molar-refractivity contribution < 1.29 is 4.42 Å². The third-order valence-electron chi connectivity index (χ3n) is 11.5. The van der Waals surface area contributed by atoms with Crippen LogP contribution in [0.25, 0.3) is 94.7 Å². The Balaban J connectivity index is 1.29. The van der Waals surface area contributed by atoms with Crippen molar-refractivity contribution >= 4 is 43.7 Å². The topological polar surface area (TPSA) is 56.7 Å². The summed E-state index contributed by atoms with van der Waals surface area (Å²) in [7, 11) is 0. The van der Waals surface area contributed by atoms with E-state index in [1.807, 2.05) is 30.3 Å². The van der Waals surface area contributed by atoms with Crippen molar-refractivity contribution in [3.05, 3.63) is 168 Å². The van der Waals surface area contributed by atoms with E-state index in [1.54, 1.807) is 0 Å². The van der Waals surface area contributed by atoms with Crippen LogP contribution < -0.4 is 0 Å². The maximum Gasteiger partial charge on any atom is 0.167 e. The highest BCUT2D eigenvalue weighted by atomic mass is 16.3. The van der Waals surface area contributed by atoms with Crippen molar-refractivity contribution in [1.82, 2.24) is 19.5 Å². The molecule has 52 heavy (non-hydrogen) atoms. The number of aromatic nitrogens is 4. The molecule has 1 atom stereocenters. The smallest absolute Gasteiger partial charge is 0.167 e. The first-order chi connectivity index (χ1) is 25.6. The second-order valence-corrected chi connectivity index (χ2v) is 14.1. The monoisotopic (exact) mass is 664 g/mol. The molecule has 0 saturated carbocycles. The number of benzene rings is 7. The van der Waals surface area contributed by atoms with Crippen LogP contribution in [-0.4, -0.2) is 19.5 Å². The molecule has 0 spiro atoms. The lowest BCUT2D eigenvalue weighted by atomic mass is 9.74. The number of furan rings is 1. The molecule has 2 aliphatic rings. The molecule has 3 aromatic heterocycles. The number of rotatable bonds is 1. The molecule has 0 fully saturated rings. The minimum atomic E-state index is -0.443. The minimum Gasteiger partial charge on any atom is -0.453 e. The number of hydrogen-bond acceptors (Lipinski definition) is 4. The Morgan fingerprint density at radius 1 is 0.462 bits per heavy atom. The molecular weight excluding hydrogens is 637 g/mol. The van der Waals surface area contributed by atoms with Crippen LogP contribution in [0.4, 0.5) is 0 Å². The van der Waals surface area contributed by atoms with Crippen molar-refractivity contribution in [2.45, 2.75) is 12.3 Å². The Labute approximate surface area is 298 Å². The summed E-state index contributed by atoms with van der Waals surface area (Å²) in [5.41, 5.74) is 13.4. The zero-order valence-electron chi connectivity index (χ0n) is 28.1. The van der Waals surface area contributed by atoms with E-state index in [4.69, 9.17) is 19.4 Å². The van der Waals surface area contributed by atoms with Gasteiger partial charge in [0, 0.05) is 38.1 Å². The molecule has 0 N–H and O–H groups in total. The number of nitrogens with zero attached hydrogens (tertiary/aromatic N) is 4. The van der Waals surface area contributed by atoms with Crippen LogP contribution in [0.3, 0.4) is 0 Å². The lowest BCUT2D eigenvalue weighted by molar-refractivity contribution is 0.667. The maximum atomic E-state index is 7.03. The second-order valence-electron chi connectivity index (χ2n) is 14.1. The molecule has 1 unspecified atom stereocenters. The van der Waals surface area contributed by atoms with Crippen LogP contribution >= 0.6 is 0 Å². The van der Waals surface area contributed by atoms with Crippen LogP contribution in [0.15, 0.2) is 156 Å². The SMILES string of the molecule is CC12c3cccc(c3)-c3nc(-c4ccccc4)nc(n3)-c3cccc4c3oc3c(cccc34)-n3c4ccccc4c4cc(c1cc43)-c1ccccc12. The van der Waals surface area contributed by atoms with E-state index in [0.717, 1.165) is 55.3 Å². The Bertz CT molecular complexity index is 3150. The highest BCUT2D eigenvalue weighted by Gasteiger charge is 2.41. The van der Waals surface area contributed by atoms with E-state index in [1.165, 1.54) is 38.6 Å². The first-order valence-electron chi connectivity index (χ1n) is 17.7. The predicted octanol–water partition coefficient (Wildman–Crippen LogP) is 11.5. The quantitative estimate of drug-likeness (QED) is 0.175. The van der Waals surface area contributed by atoms with Crippen molar-refractivity contribution in [3.8, 4) is 51.0 Å². The molecule has 10 aromatic rings. The summed E-state index contributed by atoms with van der Waals surface area (Å²) in [6.07, 6.45) is 0. The third-order valence-corrected chi connectivity index (χ3v) is 11.5. The summed E-state index contributed by atoms with van der Waals surface area (Å²) < 4.78 is 9.43. The number of hydrogen-bond donors (Lipinski definition) is 0. The van der Waals surface area contributed by atoms with Gasteiger partial charge >= 0.3 is 0 Å². The predicted molar refractivity (Wildman–Crippen MR) is 209 cm³/mol. The summed E-state index contributed by atoms with van der Waals surface area (Å²) in [4.78, 5) is 15.4. The molecule has 5 nitrogen and oxygen atoms in total. The van der Waals surface area contributed by atoms with Crippen LogP contribution in [0, 0.1) is 0 Å². The highest BCUT2D eigenvalue weighted by molar-refractivity contribution is 6.15. The van der Waals surface area contributed by atoms with E-state index in [-0.39, 0.29) is 0 Å². The molecule has 8 bridgehead atoms. The molecule has 1 aliphatic heterocycles. The average molecular weight is 665 g/mol. The summed E-state index contributed by atoms with van der Waals surface area (Å²) in [5.74, 6) is 1.82. The van der Waals surface area contributed by atoms with Crippen LogP contribution in [-0.2, 0) is 5.41 Å². The average Bonchev–Trinajstić information content (AvgIpc) is 3.83. The largest absolute Gasteiger partial charge is 0.453 e. The zero-order chi connectivity index (χ0) is 34.1. The van der Waals surface area contributed by atoms with Gasteiger partial charge in [-0.05, 0) is 71.1 Å². The summed E-state index contributed by atoms with van der Waals surface area (Å²) >= 11 is 0. The van der Waals surface area contributed by atoms with E-state index in [9.17, 15) is 0 Å². The van der Waals surface area contributed by atoms with Crippen molar-refractivity contribution in [2.75, 3.05) is 0 Å². The molecule has 0 radical (unpaired) electrons. The molecule has 7 aromatic carbocycles. The fourth-order valence-corrected chi connectivity index (χ4v) is 8.99. The fourth-order valence-electron chi connectivity index (χ4n) is 8.99. The van der Waals surface area contributed by atoms with Crippen molar-refractivity contribution in [1.29, 1.82) is 0 Å². The van der Waals surface area contributed by atoms with Crippen LogP contribution in [0.2, 0.25) is 0 Å². The Kier molecular flexibility index (Phi) is 5.31. The lowest BCUT2D eigenvalue weighted by Gasteiger charge is -2.29. The maximum absolute atomic E-state index is 7.03. The van der Waals surface area contributed by atoms with Crippen LogP contribution in [0.1, 0.15) is 23.6 Å². The lowest BCUT2D eigenvalue weighted by Crippen LogP contribution is -2.22. The Morgan fingerprint density at radius 2 is 1.13 bits per heavy atom. The van der Waals surface area contributed by atoms with E-state index >= 15 is 0 Å².